The molecule has 4 aromatic heterocycles. The first kappa shape index (κ1) is 21.8. The zero-order valence-corrected chi connectivity index (χ0v) is 20.1. The molecule has 0 amide bonds. The minimum atomic E-state index is 0.586. The highest BCUT2D eigenvalue weighted by atomic mass is 15.0. The summed E-state index contributed by atoms with van der Waals surface area (Å²) in [4.78, 5) is 32.2. The molecule has 0 aliphatic rings. The van der Waals surface area contributed by atoms with Gasteiger partial charge in [0, 0.05) is 57.8 Å². The van der Waals surface area contributed by atoms with Gasteiger partial charge in [-0.15, -0.1) is 0 Å². The van der Waals surface area contributed by atoms with Gasteiger partial charge in [0.15, 0.2) is 23.3 Å². The van der Waals surface area contributed by atoms with Crippen LogP contribution in [-0.2, 0) is 0 Å². The maximum absolute atomic E-state index is 4.90. The summed E-state index contributed by atoms with van der Waals surface area (Å²) in [5.74, 6) is 2.45. The summed E-state index contributed by atoms with van der Waals surface area (Å²) in [6.45, 7) is 0. The van der Waals surface area contributed by atoms with E-state index in [1.807, 2.05) is 72.8 Å². The van der Waals surface area contributed by atoms with Crippen molar-refractivity contribution in [2.45, 2.75) is 0 Å². The first-order valence-corrected chi connectivity index (χ1v) is 12.1. The molecule has 0 N–H and O–H groups in total. The maximum atomic E-state index is 4.90. The molecule has 0 fully saturated rings. The molecule has 0 aliphatic carbocycles. The van der Waals surface area contributed by atoms with Crippen LogP contribution in [0.3, 0.4) is 0 Å². The molecular formula is C31H19N7. The zero-order valence-electron chi connectivity index (χ0n) is 20.1. The lowest BCUT2D eigenvalue weighted by molar-refractivity contribution is 1.07. The molecule has 7 aromatic rings. The van der Waals surface area contributed by atoms with Gasteiger partial charge >= 0.3 is 0 Å². The Morgan fingerprint density at radius 3 is 1.29 bits per heavy atom. The number of hydrogen-bond donors (Lipinski definition) is 0. The van der Waals surface area contributed by atoms with Crippen LogP contribution >= 0.6 is 0 Å². The Labute approximate surface area is 218 Å². The number of benzene rings is 3. The van der Waals surface area contributed by atoms with Gasteiger partial charge in [-0.05, 0) is 54.6 Å². The number of pyridine rings is 2. The Morgan fingerprint density at radius 2 is 0.763 bits per heavy atom. The minimum Gasteiger partial charge on any atom is -0.256 e. The topological polar surface area (TPSA) is 90.2 Å². The molecule has 0 saturated heterocycles. The lowest BCUT2D eigenvalue weighted by Crippen LogP contribution is -2.00. The molecule has 178 valence electrons. The molecule has 38 heavy (non-hydrogen) atoms. The standard InChI is InChI=1S/C31H19N7/c1-4-22-18-24(10-12-26(22)32-14-1)30-36-29(21-8-6-20(7-9-21)28-34-16-3-17-35-28)37-31(38-30)25-11-13-27-23(19-25)5-2-15-33-27/h1-19H. The molecule has 3 aromatic carbocycles. The molecule has 7 rings (SSSR count). The highest BCUT2D eigenvalue weighted by molar-refractivity contribution is 5.85. The summed E-state index contributed by atoms with van der Waals surface area (Å²) < 4.78 is 0. The number of hydrogen-bond acceptors (Lipinski definition) is 7. The van der Waals surface area contributed by atoms with Crippen LogP contribution in [0.25, 0.3) is 67.4 Å². The van der Waals surface area contributed by atoms with Gasteiger partial charge in [0.25, 0.3) is 0 Å². The highest BCUT2D eigenvalue weighted by Gasteiger charge is 2.14. The van der Waals surface area contributed by atoms with Gasteiger partial charge in [-0.2, -0.15) is 0 Å². The lowest BCUT2D eigenvalue weighted by Gasteiger charge is -2.10. The van der Waals surface area contributed by atoms with Crippen molar-refractivity contribution in [2.24, 2.45) is 0 Å². The first-order valence-electron chi connectivity index (χ1n) is 12.1. The monoisotopic (exact) mass is 489 g/mol. The Hall–Kier alpha value is -5.43. The summed E-state index contributed by atoms with van der Waals surface area (Å²) >= 11 is 0. The number of nitrogens with zero attached hydrogens (tertiary/aromatic N) is 7. The van der Waals surface area contributed by atoms with Crippen LogP contribution in [0.1, 0.15) is 0 Å². The second-order valence-electron chi connectivity index (χ2n) is 8.78. The number of fused-ring (bicyclic) bond motifs is 2. The van der Waals surface area contributed by atoms with E-state index < -0.39 is 0 Å². The molecule has 0 radical (unpaired) electrons. The first-order chi connectivity index (χ1) is 18.8. The van der Waals surface area contributed by atoms with Crippen molar-refractivity contribution in [2.75, 3.05) is 0 Å². The van der Waals surface area contributed by atoms with E-state index in [-0.39, 0.29) is 0 Å². The van der Waals surface area contributed by atoms with Crippen molar-refractivity contribution >= 4 is 21.8 Å². The number of aromatic nitrogens is 7. The second-order valence-corrected chi connectivity index (χ2v) is 8.78. The third kappa shape index (κ3) is 4.12. The summed E-state index contributed by atoms with van der Waals surface area (Å²) in [5, 5.41) is 2.05. The van der Waals surface area contributed by atoms with Crippen molar-refractivity contribution in [3.8, 4) is 45.6 Å². The third-order valence-electron chi connectivity index (χ3n) is 6.32. The molecule has 7 nitrogen and oxygen atoms in total. The maximum Gasteiger partial charge on any atom is 0.164 e. The van der Waals surface area contributed by atoms with E-state index in [0.717, 1.165) is 44.1 Å². The molecule has 4 heterocycles. The fourth-order valence-electron chi connectivity index (χ4n) is 4.41. The molecular weight excluding hydrogens is 470 g/mol. The van der Waals surface area contributed by atoms with Crippen LogP contribution < -0.4 is 0 Å². The quantitative estimate of drug-likeness (QED) is 0.281. The van der Waals surface area contributed by atoms with E-state index in [1.54, 1.807) is 30.9 Å². The Balaban J connectivity index is 1.38. The van der Waals surface area contributed by atoms with E-state index in [9.17, 15) is 0 Å². The van der Waals surface area contributed by atoms with Crippen LogP contribution in [0.4, 0.5) is 0 Å². The van der Waals surface area contributed by atoms with E-state index in [1.165, 1.54) is 0 Å². The summed E-state index contributed by atoms with van der Waals surface area (Å²) in [7, 11) is 0. The van der Waals surface area contributed by atoms with Gasteiger partial charge in [0.05, 0.1) is 11.0 Å². The van der Waals surface area contributed by atoms with Crippen LogP contribution in [-0.4, -0.2) is 34.9 Å². The van der Waals surface area contributed by atoms with Gasteiger partial charge in [0.2, 0.25) is 0 Å². The van der Waals surface area contributed by atoms with Crippen LogP contribution in [0.5, 0.6) is 0 Å². The summed E-state index contributed by atoms with van der Waals surface area (Å²) in [6, 6.07) is 29.8. The second kappa shape index (κ2) is 9.22. The average molecular weight is 490 g/mol. The minimum absolute atomic E-state index is 0.586. The predicted molar refractivity (Wildman–Crippen MR) is 148 cm³/mol. The van der Waals surface area contributed by atoms with Gasteiger partial charge in [-0.3, -0.25) is 9.97 Å². The largest absolute Gasteiger partial charge is 0.256 e. The van der Waals surface area contributed by atoms with Gasteiger partial charge in [0.1, 0.15) is 0 Å². The Morgan fingerprint density at radius 1 is 0.342 bits per heavy atom. The Kier molecular flexibility index (Phi) is 5.29. The molecule has 0 bridgehead atoms. The zero-order chi connectivity index (χ0) is 25.3. The van der Waals surface area contributed by atoms with Crippen molar-refractivity contribution < 1.29 is 0 Å². The SMILES string of the molecule is c1cnc(-c2ccc(-c3nc(-c4ccc5ncccc5c4)nc(-c4ccc5ncccc5c4)n3)cc2)nc1. The lowest BCUT2D eigenvalue weighted by atomic mass is 10.1. The normalized spacial score (nSPS) is 11.2. The molecule has 0 unspecified atom stereocenters. The average Bonchev–Trinajstić information content (AvgIpc) is 3.01. The van der Waals surface area contributed by atoms with Crippen molar-refractivity contribution in [1.82, 2.24) is 34.9 Å². The smallest absolute Gasteiger partial charge is 0.164 e. The van der Waals surface area contributed by atoms with Crippen molar-refractivity contribution in [3.63, 3.8) is 0 Å². The predicted octanol–water partition coefficient (Wildman–Crippen LogP) is 6.43. The fourth-order valence-corrected chi connectivity index (χ4v) is 4.41. The van der Waals surface area contributed by atoms with E-state index in [4.69, 9.17) is 15.0 Å². The van der Waals surface area contributed by atoms with E-state index >= 15 is 0 Å². The van der Waals surface area contributed by atoms with Crippen molar-refractivity contribution in [3.05, 3.63) is 116 Å². The van der Waals surface area contributed by atoms with E-state index in [2.05, 4.69) is 32.1 Å². The van der Waals surface area contributed by atoms with Crippen molar-refractivity contribution in [1.29, 1.82) is 0 Å². The van der Waals surface area contributed by atoms with Gasteiger partial charge in [-0.1, -0.05) is 36.4 Å². The molecule has 0 aliphatic heterocycles. The van der Waals surface area contributed by atoms with Crippen LogP contribution in [0.2, 0.25) is 0 Å². The molecule has 0 atom stereocenters. The molecule has 0 spiro atoms. The number of rotatable bonds is 4. The summed E-state index contributed by atoms with van der Waals surface area (Å²) in [6.07, 6.45) is 7.05. The molecule has 0 saturated carbocycles. The van der Waals surface area contributed by atoms with Gasteiger partial charge < -0.3 is 0 Å². The van der Waals surface area contributed by atoms with Crippen LogP contribution in [0.15, 0.2) is 116 Å². The highest BCUT2D eigenvalue weighted by Crippen LogP contribution is 2.28. The third-order valence-corrected chi connectivity index (χ3v) is 6.32. The molecule has 7 heteroatoms. The summed E-state index contributed by atoms with van der Waals surface area (Å²) in [5.41, 5.74) is 5.43. The van der Waals surface area contributed by atoms with Gasteiger partial charge in [-0.25, -0.2) is 24.9 Å². The van der Waals surface area contributed by atoms with E-state index in [0.29, 0.717) is 23.3 Å². The van der Waals surface area contributed by atoms with Crippen LogP contribution in [0, 0.1) is 0 Å². The fraction of sp³-hybridized carbons (Fsp3) is 0. The Bertz CT molecular complexity index is 1820.